The van der Waals surface area contributed by atoms with Crippen LogP contribution in [0.5, 0.6) is 0 Å². The molecular formula is C36H37N5O3. The number of rotatable bonds is 11. The van der Waals surface area contributed by atoms with Gasteiger partial charge in [-0.25, -0.2) is 0 Å². The zero-order valence-corrected chi connectivity index (χ0v) is 25.1. The molecule has 0 heterocycles. The Morgan fingerprint density at radius 2 is 1.30 bits per heavy atom. The molecule has 0 aliphatic rings. The summed E-state index contributed by atoms with van der Waals surface area (Å²) in [6, 6.07) is 32.0. The number of nitrogens with one attached hydrogen (secondary N) is 1. The lowest BCUT2D eigenvalue weighted by atomic mass is 9.94. The third-order valence-electron chi connectivity index (χ3n) is 7.49. The minimum atomic E-state index is -0.171. The molecule has 0 saturated carbocycles. The second kappa shape index (κ2) is 17.2. The van der Waals surface area contributed by atoms with Crippen molar-refractivity contribution in [3.63, 3.8) is 0 Å². The minimum Gasteiger partial charge on any atom is -0.396 e. The van der Waals surface area contributed by atoms with Gasteiger partial charge in [0.05, 0.1) is 34.9 Å². The lowest BCUT2D eigenvalue weighted by Crippen LogP contribution is -2.31. The maximum Gasteiger partial charge on any atom is 0.254 e. The van der Waals surface area contributed by atoms with Gasteiger partial charge in [-0.3, -0.25) is 4.79 Å². The summed E-state index contributed by atoms with van der Waals surface area (Å²) in [7, 11) is 3.62. The smallest absolute Gasteiger partial charge is 0.254 e. The van der Waals surface area contributed by atoms with Gasteiger partial charge in [0.25, 0.3) is 5.91 Å². The second-order valence-electron chi connectivity index (χ2n) is 10.5. The third kappa shape index (κ3) is 8.98. The molecule has 0 radical (unpaired) electrons. The van der Waals surface area contributed by atoms with Crippen LogP contribution in [0.3, 0.4) is 0 Å². The van der Waals surface area contributed by atoms with E-state index in [1.807, 2.05) is 67.7 Å². The molecule has 3 N–H and O–H groups in total. The van der Waals surface area contributed by atoms with Gasteiger partial charge in [0, 0.05) is 44.8 Å². The summed E-state index contributed by atoms with van der Waals surface area (Å²) >= 11 is 0. The van der Waals surface area contributed by atoms with E-state index in [2.05, 4.69) is 23.5 Å². The average Bonchev–Trinajstić information content (AvgIpc) is 3.07. The highest BCUT2D eigenvalue weighted by molar-refractivity contribution is 6.07. The number of aliphatic hydroxyl groups is 2. The lowest BCUT2D eigenvalue weighted by molar-refractivity contribution is 0.0783. The second-order valence-corrected chi connectivity index (χ2v) is 10.5. The number of fused-ring (bicyclic) bond motifs is 1. The molecule has 0 aromatic heterocycles. The molecule has 0 fully saturated rings. The van der Waals surface area contributed by atoms with Crippen LogP contribution in [-0.4, -0.2) is 61.4 Å². The maximum absolute atomic E-state index is 13.2. The molecule has 224 valence electrons. The van der Waals surface area contributed by atoms with Crippen molar-refractivity contribution in [1.29, 1.82) is 15.8 Å². The van der Waals surface area contributed by atoms with Crippen molar-refractivity contribution in [2.75, 3.05) is 40.4 Å². The van der Waals surface area contributed by atoms with Crippen molar-refractivity contribution in [2.24, 2.45) is 0 Å². The number of nitriles is 3. The number of hydrogen-bond donors (Lipinski definition) is 3. The van der Waals surface area contributed by atoms with Gasteiger partial charge < -0.3 is 20.4 Å². The Hall–Kier alpha value is -5.04. The predicted molar refractivity (Wildman–Crippen MR) is 171 cm³/mol. The zero-order chi connectivity index (χ0) is 31.9. The Balaban J connectivity index is 0.000000297. The predicted octanol–water partition coefficient (Wildman–Crippen LogP) is 5.07. The lowest BCUT2D eigenvalue weighted by Gasteiger charge is -2.25. The summed E-state index contributed by atoms with van der Waals surface area (Å²) in [6.45, 7) is 1.44. The van der Waals surface area contributed by atoms with Gasteiger partial charge in [0.1, 0.15) is 0 Å². The first-order valence-corrected chi connectivity index (χ1v) is 14.4. The van der Waals surface area contributed by atoms with Crippen molar-refractivity contribution >= 4 is 16.7 Å². The van der Waals surface area contributed by atoms with E-state index in [1.165, 1.54) is 0 Å². The molecule has 44 heavy (non-hydrogen) atoms. The van der Waals surface area contributed by atoms with E-state index in [4.69, 9.17) is 15.6 Å². The van der Waals surface area contributed by atoms with Gasteiger partial charge in [0.2, 0.25) is 0 Å². The number of likely N-dealkylation sites (N-methyl/N-ethyl adjacent to an activating group) is 2. The molecule has 0 bridgehead atoms. The van der Waals surface area contributed by atoms with E-state index < -0.39 is 0 Å². The molecule has 0 spiro atoms. The molecule has 4 aromatic carbocycles. The Bertz CT molecular complexity index is 1640. The Morgan fingerprint density at radius 3 is 1.82 bits per heavy atom. The van der Waals surface area contributed by atoms with Gasteiger partial charge in [-0.2, -0.15) is 15.8 Å². The van der Waals surface area contributed by atoms with Crippen LogP contribution in [0.4, 0.5) is 0 Å². The number of benzene rings is 4. The van der Waals surface area contributed by atoms with Gasteiger partial charge in [-0.05, 0) is 84.1 Å². The average molecular weight is 588 g/mol. The molecule has 4 rings (SSSR count). The van der Waals surface area contributed by atoms with Crippen LogP contribution < -0.4 is 5.32 Å². The van der Waals surface area contributed by atoms with Crippen molar-refractivity contribution in [3.05, 3.63) is 118 Å². The normalized spacial score (nSPS) is 11.7. The van der Waals surface area contributed by atoms with E-state index in [-0.39, 0.29) is 25.0 Å². The van der Waals surface area contributed by atoms with Crippen LogP contribution in [0.25, 0.3) is 10.8 Å². The first kappa shape index (κ1) is 33.5. The van der Waals surface area contributed by atoms with E-state index in [0.29, 0.717) is 41.1 Å². The highest BCUT2D eigenvalue weighted by Gasteiger charge is 2.21. The fourth-order valence-electron chi connectivity index (χ4n) is 5.14. The zero-order valence-electron chi connectivity index (χ0n) is 25.1. The summed E-state index contributed by atoms with van der Waals surface area (Å²) in [5.74, 6) is 0.0785. The highest BCUT2D eigenvalue weighted by atomic mass is 16.3. The molecule has 0 aliphatic carbocycles. The van der Waals surface area contributed by atoms with Crippen molar-refractivity contribution < 1.29 is 15.0 Å². The summed E-state index contributed by atoms with van der Waals surface area (Å²) < 4.78 is 0. The highest BCUT2D eigenvalue weighted by Crippen LogP contribution is 2.25. The summed E-state index contributed by atoms with van der Waals surface area (Å²) in [5.41, 5.74) is 4.31. The van der Waals surface area contributed by atoms with Crippen LogP contribution in [-0.2, 0) is 0 Å². The fourth-order valence-corrected chi connectivity index (χ4v) is 5.14. The van der Waals surface area contributed by atoms with Crippen LogP contribution in [0.15, 0.2) is 84.9 Å². The number of carbonyl (C=O) groups excluding carboxylic acids is 1. The van der Waals surface area contributed by atoms with Crippen LogP contribution in [0.2, 0.25) is 0 Å². The minimum absolute atomic E-state index is 0.000450. The van der Waals surface area contributed by atoms with Crippen LogP contribution >= 0.6 is 0 Å². The molecule has 2 atom stereocenters. The van der Waals surface area contributed by atoms with E-state index >= 15 is 0 Å². The van der Waals surface area contributed by atoms with E-state index in [1.54, 1.807) is 36.2 Å². The third-order valence-corrected chi connectivity index (χ3v) is 7.49. The quantitative estimate of drug-likeness (QED) is 0.222. The number of nitrogens with zero attached hydrogens (tertiary/aromatic N) is 4. The van der Waals surface area contributed by atoms with Crippen LogP contribution in [0.1, 0.15) is 62.9 Å². The maximum atomic E-state index is 13.2. The van der Waals surface area contributed by atoms with Crippen molar-refractivity contribution in [2.45, 2.75) is 24.7 Å². The van der Waals surface area contributed by atoms with E-state index in [9.17, 15) is 15.2 Å². The standard InChI is InChI=1S/C24H21N3O2.C12H16N2O/c1-27(16-21(10-11-28)19-8-6-17(14-25)7-9-19)24(29)23-13-18(15-26)12-20-4-2-3-5-22(20)23;1-14-9-12(6-7-15)11-4-2-10(8-13)3-5-11/h2-9,12-13,21,28H,10-11,16H2,1H3;2-5,12,14-15H,6-7,9H2,1H3. The largest absolute Gasteiger partial charge is 0.396 e. The van der Waals surface area contributed by atoms with Crippen LogP contribution in [0, 0.1) is 34.0 Å². The molecule has 2 unspecified atom stereocenters. The number of carbonyl (C=O) groups is 1. The number of amides is 1. The summed E-state index contributed by atoms with van der Waals surface area (Å²) in [6.07, 6.45) is 1.25. The summed E-state index contributed by atoms with van der Waals surface area (Å²) in [5, 5.41) is 50.2. The van der Waals surface area contributed by atoms with Gasteiger partial charge in [0.15, 0.2) is 0 Å². The van der Waals surface area contributed by atoms with Crippen molar-refractivity contribution in [1.82, 2.24) is 10.2 Å². The monoisotopic (exact) mass is 587 g/mol. The molecule has 8 heteroatoms. The topological polar surface area (TPSA) is 144 Å². The van der Waals surface area contributed by atoms with Gasteiger partial charge in [-0.15, -0.1) is 0 Å². The number of aliphatic hydroxyl groups excluding tert-OH is 2. The van der Waals surface area contributed by atoms with Crippen molar-refractivity contribution in [3.8, 4) is 18.2 Å². The number of hydrogen-bond acceptors (Lipinski definition) is 7. The molecule has 4 aromatic rings. The van der Waals surface area contributed by atoms with Gasteiger partial charge in [-0.1, -0.05) is 48.5 Å². The molecule has 0 aliphatic heterocycles. The molecule has 8 nitrogen and oxygen atoms in total. The van der Waals surface area contributed by atoms with E-state index in [0.717, 1.165) is 34.9 Å². The Labute approximate surface area is 259 Å². The molecule has 1 amide bonds. The Morgan fingerprint density at radius 1 is 0.773 bits per heavy atom. The van der Waals surface area contributed by atoms with Gasteiger partial charge >= 0.3 is 0 Å². The Kier molecular flexibility index (Phi) is 13.1. The molecular weight excluding hydrogens is 550 g/mol. The summed E-state index contributed by atoms with van der Waals surface area (Å²) in [4.78, 5) is 14.8. The first-order chi connectivity index (χ1) is 21.4. The fraction of sp³-hybridized carbons (Fsp3) is 0.278. The molecule has 0 saturated heterocycles. The first-order valence-electron chi connectivity index (χ1n) is 14.4. The SMILES string of the molecule is CN(CC(CCO)c1ccc(C#N)cc1)C(=O)c1cc(C#N)cc2ccccc12.CNCC(CCO)c1ccc(C#N)cc1.